The van der Waals surface area contributed by atoms with Gasteiger partial charge in [-0.1, -0.05) is 20.8 Å². The molecule has 2 unspecified atom stereocenters. The Morgan fingerprint density at radius 2 is 1.50 bits per heavy atom. The average Bonchev–Trinajstić information content (AvgIpc) is 1.97. The molecule has 3 saturated heterocycles. The third kappa shape index (κ3) is 1.25. The quantitative estimate of drug-likeness (QED) is 0.571. The smallest absolute Gasteiger partial charge is 0.00130 e. The molecule has 14 heavy (non-hydrogen) atoms. The molecular formula is C13H23N. The van der Waals surface area contributed by atoms with Crippen LogP contribution in [0.15, 0.2) is 0 Å². The third-order valence-corrected chi connectivity index (χ3v) is 4.79. The largest absolute Gasteiger partial charge is 0.302 e. The lowest BCUT2D eigenvalue weighted by Gasteiger charge is -2.59. The molecule has 3 aliphatic heterocycles. The highest BCUT2D eigenvalue weighted by Gasteiger charge is 2.50. The summed E-state index contributed by atoms with van der Waals surface area (Å²) in [4.78, 5) is 2.73. The Labute approximate surface area is 87.9 Å². The predicted octanol–water partition coefficient (Wildman–Crippen LogP) is 2.62. The van der Waals surface area contributed by atoms with E-state index in [1.54, 1.807) is 0 Å². The van der Waals surface area contributed by atoms with E-state index in [-0.39, 0.29) is 0 Å². The van der Waals surface area contributed by atoms with Gasteiger partial charge in [0, 0.05) is 19.6 Å². The van der Waals surface area contributed by atoms with E-state index in [9.17, 15) is 0 Å². The van der Waals surface area contributed by atoms with Crippen molar-refractivity contribution < 1.29 is 0 Å². The SMILES string of the molecule is CC(C)(C)C1C2CC3CC1CN(C3)C2. The van der Waals surface area contributed by atoms with Crippen LogP contribution in [0.25, 0.3) is 0 Å². The molecule has 1 nitrogen and oxygen atoms in total. The second kappa shape index (κ2) is 2.75. The molecule has 0 aromatic carbocycles. The van der Waals surface area contributed by atoms with E-state index in [1.807, 2.05) is 0 Å². The van der Waals surface area contributed by atoms with Crippen molar-refractivity contribution in [1.82, 2.24) is 4.90 Å². The van der Waals surface area contributed by atoms with E-state index in [2.05, 4.69) is 25.7 Å². The van der Waals surface area contributed by atoms with Crippen LogP contribution in [0.5, 0.6) is 0 Å². The maximum Gasteiger partial charge on any atom is 0.00130 e. The van der Waals surface area contributed by atoms with Gasteiger partial charge in [-0.05, 0) is 41.9 Å². The van der Waals surface area contributed by atoms with Crippen molar-refractivity contribution in [2.75, 3.05) is 19.6 Å². The van der Waals surface area contributed by atoms with Crippen LogP contribution in [0.4, 0.5) is 0 Å². The maximum atomic E-state index is 2.73. The van der Waals surface area contributed by atoms with Gasteiger partial charge in [0.1, 0.15) is 0 Å². The number of piperidine rings is 3. The molecular weight excluding hydrogens is 170 g/mol. The molecule has 0 aromatic rings. The number of hydrogen-bond donors (Lipinski definition) is 0. The zero-order valence-electron chi connectivity index (χ0n) is 9.79. The molecule has 0 spiro atoms. The molecule has 80 valence electrons. The van der Waals surface area contributed by atoms with Gasteiger partial charge in [0.2, 0.25) is 0 Å². The predicted molar refractivity (Wildman–Crippen MR) is 59.1 cm³/mol. The molecule has 0 radical (unpaired) electrons. The summed E-state index contributed by atoms with van der Waals surface area (Å²) in [5.74, 6) is 4.13. The van der Waals surface area contributed by atoms with Crippen molar-refractivity contribution >= 4 is 0 Å². The van der Waals surface area contributed by atoms with Crippen LogP contribution in [0.3, 0.4) is 0 Å². The van der Waals surface area contributed by atoms with Gasteiger partial charge in [0.15, 0.2) is 0 Å². The van der Waals surface area contributed by atoms with Crippen molar-refractivity contribution in [1.29, 1.82) is 0 Å². The Balaban J connectivity index is 1.88. The molecule has 3 heterocycles. The Bertz CT molecular complexity index is 210. The molecule has 4 rings (SSSR count). The standard InChI is InChI=1S/C13H23N/c1-13(2,3)12-10-4-9-5-11(12)8-14(6-9)7-10/h9-12H,4-8H2,1-3H3. The molecule has 1 saturated carbocycles. The highest BCUT2D eigenvalue weighted by Crippen LogP contribution is 2.53. The first-order valence-corrected chi connectivity index (χ1v) is 6.26. The van der Waals surface area contributed by atoms with Crippen molar-refractivity contribution in [3.63, 3.8) is 0 Å². The van der Waals surface area contributed by atoms with Crippen LogP contribution < -0.4 is 0 Å². The van der Waals surface area contributed by atoms with Crippen molar-refractivity contribution in [2.24, 2.45) is 29.1 Å². The summed E-state index contributed by atoms with van der Waals surface area (Å²) < 4.78 is 0. The van der Waals surface area contributed by atoms with E-state index in [1.165, 1.54) is 32.5 Å². The van der Waals surface area contributed by atoms with E-state index >= 15 is 0 Å². The van der Waals surface area contributed by atoms with E-state index in [0.717, 1.165) is 23.7 Å². The van der Waals surface area contributed by atoms with Gasteiger partial charge in [0.25, 0.3) is 0 Å². The number of rotatable bonds is 0. The van der Waals surface area contributed by atoms with Gasteiger partial charge in [-0.25, -0.2) is 0 Å². The summed E-state index contributed by atoms with van der Waals surface area (Å²) in [6, 6.07) is 0. The highest BCUT2D eigenvalue weighted by molar-refractivity contribution is 5.01. The van der Waals surface area contributed by atoms with Crippen LogP contribution in [0.1, 0.15) is 33.6 Å². The van der Waals surface area contributed by atoms with Gasteiger partial charge >= 0.3 is 0 Å². The second-order valence-electron chi connectivity index (χ2n) is 6.97. The molecule has 4 aliphatic rings. The molecule has 0 N–H and O–H groups in total. The lowest BCUT2D eigenvalue weighted by atomic mass is 9.55. The van der Waals surface area contributed by atoms with Gasteiger partial charge < -0.3 is 4.90 Å². The fourth-order valence-electron chi connectivity index (χ4n) is 4.82. The second-order valence-corrected chi connectivity index (χ2v) is 6.97. The minimum absolute atomic E-state index is 0.545. The Morgan fingerprint density at radius 3 is 1.93 bits per heavy atom. The van der Waals surface area contributed by atoms with E-state index in [0.29, 0.717) is 5.41 Å². The maximum absolute atomic E-state index is 2.73. The van der Waals surface area contributed by atoms with E-state index in [4.69, 9.17) is 0 Å². The molecule has 4 bridgehead atoms. The first-order valence-electron chi connectivity index (χ1n) is 6.26. The summed E-state index contributed by atoms with van der Waals surface area (Å²) >= 11 is 0. The summed E-state index contributed by atoms with van der Waals surface area (Å²) in [6.45, 7) is 11.6. The zero-order chi connectivity index (χ0) is 9.92. The molecule has 0 aromatic heterocycles. The highest BCUT2D eigenvalue weighted by atomic mass is 15.2. The first-order chi connectivity index (χ1) is 6.54. The van der Waals surface area contributed by atoms with Crippen LogP contribution in [-0.4, -0.2) is 24.5 Å². The monoisotopic (exact) mass is 193 g/mol. The zero-order valence-corrected chi connectivity index (χ0v) is 9.79. The number of nitrogens with zero attached hydrogens (tertiary/aromatic N) is 1. The first kappa shape index (κ1) is 9.21. The molecule has 4 fully saturated rings. The summed E-state index contributed by atoms with van der Waals surface area (Å²) in [6.07, 6.45) is 3.07. The minimum atomic E-state index is 0.545. The van der Waals surface area contributed by atoms with Gasteiger partial charge in [-0.2, -0.15) is 0 Å². The molecule has 2 atom stereocenters. The Hall–Kier alpha value is -0.0400. The van der Waals surface area contributed by atoms with Crippen molar-refractivity contribution in [2.45, 2.75) is 33.6 Å². The number of hydrogen-bond acceptors (Lipinski definition) is 1. The van der Waals surface area contributed by atoms with E-state index < -0.39 is 0 Å². The van der Waals surface area contributed by atoms with Gasteiger partial charge in [-0.3, -0.25) is 0 Å². The van der Waals surface area contributed by atoms with Crippen molar-refractivity contribution in [3.8, 4) is 0 Å². The summed E-state index contributed by atoms with van der Waals surface area (Å²) in [5, 5.41) is 0. The lowest BCUT2D eigenvalue weighted by molar-refractivity contribution is -0.101. The normalized spacial score (nSPS) is 51.2. The fourth-order valence-corrected chi connectivity index (χ4v) is 4.82. The van der Waals surface area contributed by atoms with Crippen LogP contribution >= 0.6 is 0 Å². The molecule has 1 heteroatoms. The van der Waals surface area contributed by atoms with Crippen LogP contribution in [0.2, 0.25) is 0 Å². The van der Waals surface area contributed by atoms with Gasteiger partial charge in [-0.15, -0.1) is 0 Å². The molecule has 1 aliphatic carbocycles. The van der Waals surface area contributed by atoms with Crippen LogP contribution in [-0.2, 0) is 0 Å². The lowest BCUT2D eigenvalue weighted by Crippen LogP contribution is -2.60. The Kier molecular flexibility index (Phi) is 1.81. The average molecular weight is 193 g/mol. The van der Waals surface area contributed by atoms with Crippen LogP contribution in [0, 0.1) is 29.1 Å². The molecule has 0 amide bonds. The summed E-state index contributed by atoms with van der Waals surface area (Å²) in [7, 11) is 0. The minimum Gasteiger partial charge on any atom is -0.302 e. The fraction of sp³-hybridized carbons (Fsp3) is 1.00. The summed E-state index contributed by atoms with van der Waals surface area (Å²) in [5.41, 5.74) is 0.545. The van der Waals surface area contributed by atoms with Gasteiger partial charge in [0.05, 0.1) is 0 Å². The topological polar surface area (TPSA) is 3.24 Å². The Morgan fingerprint density at radius 1 is 0.929 bits per heavy atom. The van der Waals surface area contributed by atoms with Crippen molar-refractivity contribution in [3.05, 3.63) is 0 Å². The third-order valence-electron chi connectivity index (χ3n) is 4.79.